The molecular weight excluding hydrogens is 263 g/mol. The number of rotatable bonds is 9. The average molecular weight is 282 g/mol. The van der Waals surface area contributed by atoms with Gasteiger partial charge in [0.2, 0.25) is 0 Å². The first-order valence-electron chi connectivity index (χ1n) is 5.56. The Morgan fingerprint density at radius 3 is 1.78 bits per heavy atom. The van der Waals surface area contributed by atoms with Gasteiger partial charge in [0.1, 0.15) is 0 Å². The van der Waals surface area contributed by atoms with Crippen LogP contribution in [-0.2, 0) is 23.2 Å². The summed E-state index contributed by atoms with van der Waals surface area (Å²) in [6, 6.07) is 0. The predicted molar refractivity (Wildman–Crippen MR) is 63.7 cm³/mol. The van der Waals surface area contributed by atoms with E-state index in [1.165, 1.54) is 0 Å². The van der Waals surface area contributed by atoms with Gasteiger partial charge in [-0.25, -0.2) is 0 Å². The summed E-state index contributed by atoms with van der Waals surface area (Å²) < 4.78 is 22.0. The van der Waals surface area contributed by atoms with Crippen LogP contribution in [0.3, 0.4) is 0 Å². The number of carbonyl (C=O) groups is 2. The monoisotopic (exact) mass is 282 g/mol. The van der Waals surface area contributed by atoms with Crippen LogP contribution >= 0.6 is 7.60 Å². The van der Waals surface area contributed by atoms with Crippen molar-refractivity contribution in [3.05, 3.63) is 0 Å². The van der Waals surface area contributed by atoms with Gasteiger partial charge in [0.05, 0.1) is 19.4 Å². The van der Waals surface area contributed by atoms with Crippen LogP contribution in [0.5, 0.6) is 0 Å². The molecule has 0 rings (SSSR count). The highest BCUT2D eigenvalue weighted by molar-refractivity contribution is 7.53. The fraction of sp³-hybridized carbons (Fsp3) is 0.800. The van der Waals surface area contributed by atoms with Crippen molar-refractivity contribution in [2.75, 3.05) is 19.4 Å². The molecule has 7 nitrogen and oxygen atoms in total. The maximum Gasteiger partial charge on any atom is 0.330 e. The standard InChI is InChI=1S/C10H19O7P/c1-4-16-18(15,17-5-2)7-6-10(3,8(11)12)9(13)14/h4-7H2,1-3H3,(H,11,12)(H,13,14). The summed E-state index contributed by atoms with van der Waals surface area (Å²) in [5.74, 6) is -2.95. The highest BCUT2D eigenvalue weighted by Gasteiger charge is 2.43. The zero-order chi connectivity index (χ0) is 14.4. The summed E-state index contributed by atoms with van der Waals surface area (Å²) in [7, 11) is -3.42. The van der Waals surface area contributed by atoms with Gasteiger partial charge in [0.15, 0.2) is 5.41 Å². The van der Waals surface area contributed by atoms with Gasteiger partial charge in [-0.15, -0.1) is 0 Å². The Morgan fingerprint density at radius 2 is 1.50 bits per heavy atom. The van der Waals surface area contributed by atoms with Crippen LogP contribution in [0.4, 0.5) is 0 Å². The lowest BCUT2D eigenvalue weighted by molar-refractivity contribution is -0.163. The molecule has 106 valence electrons. The molecule has 2 N–H and O–H groups in total. The Balaban J connectivity index is 4.83. The molecule has 0 heterocycles. The van der Waals surface area contributed by atoms with E-state index in [4.69, 9.17) is 19.3 Å². The van der Waals surface area contributed by atoms with Gasteiger partial charge in [-0.05, 0) is 27.2 Å². The van der Waals surface area contributed by atoms with E-state index in [1.54, 1.807) is 13.8 Å². The maximum atomic E-state index is 12.1. The van der Waals surface area contributed by atoms with Crippen molar-refractivity contribution in [3.8, 4) is 0 Å². The minimum atomic E-state index is -3.42. The molecule has 0 saturated heterocycles. The van der Waals surface area contributed by atoms with Crippen LogP contribution in [0.1, 0.15) is 27.2 Å². The molecule has 18 heavy (non-hydrogen) atoms. The van der Waals surface area contributed by atoms with E-state index >= 15 is 0 Å². The Kier molecular flexibility index (Phi) is 6.52. The SMILES string of the molecule is CCOP(=O)(CCC(C)(C(=O)O)C(=O)O)OCC. The van der Waals surface area contributed by atoms with E-state index in [-0.39, 0.29) is 25.8 Å². The van der Waals surface area contributed by atoms with E-state index in [0.29, 0.717) is 0 Å². The molecule has 0 radical (unpaired) electrons. The summed E-state index contributed by atoms with van der Waals surface area (Å²) in [5, 5.41) is 17.8. The lowest BCUT2D eigenvalue weighted by atomic mass is 9.88. The lowest BCUT2D eigenvalue weighted by Gasteiger charge is -2.23. The van der Waals surface area contributed by atoms with Gasteiger partial charge in [0.25, 0.3) is 0 Å². The van der Waals surface area contributed by atoms with Crippen LogP contribution in [0.2, 0.25) is 0 Å². The molecule has 0 atom stereocenters. The maximum absolute atomic E-state index is 12.1. The minimum Gasteiger partial charge on any atom is -0.480 e. The molecule has 0 spiro atoms. The Morgan fingerprint density at radius 1 is 1.11 bits per heavy atom. The van der Waals surface area contributed by atoms with Crippen molar-refractivity contribution in [3.63, 3.8) is 0 Å². The smallest absolute Gasteiger partial charge is 0.330 e. The molecule has 0 amide bonds. The van der Waals surface area contributed by atoms with Gasteiger partial charge in [-0.2, -0.15) is 0 Å². The molecule has 0 fully saturated rings. The van der Waals surface area contributed by atoms with Crippen molar-refractivity contribution in [1.82, 2.24) is 0 Å². The zero-order valence-corrected chi connectivity index (χ0v) is 11.6. The molecule has 0 unspecified atom stereocenters. The molecule has 0 aromatic heterocycles. The number of carboxylic acids is 2. The second-order valence-electron chi connectivity index (χ2n) is 3.86. The van der Waals surface area contributed by atoms with E-state index in [1.807, 2.05) is 0 Å². The summed E-state index contributed by atoms with van der Waals surface area (Å²) >= 11 is 0. The third kappa shape index (κ3) is 4.40. The van der Waals surface area contributed by atoms with Crippen LogP contribution < -0.4 is 0 Å². The van der Waals surface area contributed by atoms with Crippen molar-refractivity contribution in [1.29, 1.82) is 0 Å². The zero-order valence-electron chi connectivity index (χ0n) is 10.7. The Labute approximate surface area is 106 Å². The topological polar surface area (TPSA) is 110 Å². The highest BCUT2D eigenvalue weighted by Crippen LogP contribution is 2.50. The van der Waals surface area contributed by atoms with E-state index in [2.05, 4.69) is 0 Å². The Bertz CT molecular complexity index is 328. The van der Waals surface area contributed by atoms with Crippen molar-refractivity contribution >= 4 is 19.5 Å². The first-order chi connectivity index (χ1) is 8.22. The number of carboxylic acid groups (broad SMARTS) is 2. The van der Waals surface area contributed by atoms with Crippen molar-refractivity contribution < 1.29 is 33.4 Å². The summed E-state index contributed by atoms with van der Waals surface area (Å²) in [4.78, 5) is 21.9. The fourth-order valence-corrected chi connectivity index (χ4v) is 3.07. The number of aliphatic carboxylic acids is 2. The molecule has 0 saturated carbocycles. The second-order valence-corrected chi connectivity index (χ2v) is 6.05. The quantitative estimate of drug-likeness (QED) is 0.490. The van der Waals surface area contributed by atoms with Gasteiger partial charge in [-0.3, -0.25) is 14.2 Å². The summed E-state index contributed by atoms with van der Waals surface area (Å²) in [5.41, 5.74) is -2.00. The van der Waals surface area contributed by atoms with Crippen molar-refractivity contribution in [2.45, 2.75) is 27.2 Å². The summed E-state index contributed by atoms with van der Waals surface area (Å²) in [6.07, 6.45) is -0.571. The van der Waals surface area contributed by atoms with Gasteiger partial charge in [-0.1, -0.05) is 0 Å². The molecule has 0 aromatic carbocycles. The third-order valence-corrected chi connectivity index (χ3v) is 4.56. The van der Waals surface area contributed by atoms with Gasteiger partial charge >= 0.3 is 19.5 Å². The van der Waals surface area contributed by atoms with Gasteiger partial charge < -0.3 is 19.3 Å². The largest absolute Gasteiger partial charge is 0.480 e. The first-order valence-corrected chi connectivity index (χ1v) is 7.29. The molecule has 8 heteroatoms. The first kappa shape index (κ1) is 17.1. The average Bonchev–Trinajstić information content (AvgIpc) is 2.26. The van der Waals surface area contributed by atoms with Crippen LogP contribution in [-0.4, -0.2) is 41.5 Å². The van der Waals surface area contributed by atoms with E-state index < -0.39 is 24.9 Å². The third-order valence-electron chi connectivity index (χ3n) is 2.48. The molecule has 0 aliphatic rings. The van der Waals surface area contributed by atoms with E-state index in [9.17, 15) is 14.2 Å². The molecule has 0 aliphatic heterocycles. The normalized spacial score (nSPS) is 12.4. The highest BCUT2D eigenvalue weighted by atomic mass is 31.2. The van der Waals surface area contributed by atoms with Crippen molar-refractivity contribution in [2.24, 2.45) is 5.41 Å². The molecule has 0 aliphatic carbocycles. The summed E-state index contributed by atoms with van der Waals surface area (Å²) in [6.45, 7) is 4.61. The van der Waals surface area contributed by atoms with Gasteiger partial charge in [0, 0.05) is 0 Å². The van der Waals surface area contributed by atoms with Crippen LogP contribution in [0.25, 0.3) is 0 Å². The Hall–Kier alpha value is -0.910. The molecule has 0 bridgehead atoms. The van der Waals surface area contributed by atoms with E-state index in [0.717, 1.165) is 6.92 Å². The fourth-order valence-electron chi connectivity index (χ4n) is 1.23. The van der Waals surface area contributed by atoms with Crippen LogP contribution in [0, 0.1) is 5.41 Å². The lowest BCUT2D eigenvalue weighted by Crippen LogP contribution is -2.37. The second kappa shape index (κ2) is 6.87. The van der Waals surface area contributed by atoms with Crippen LogP contribution in [0.15, 0.2) is 0 Å². The number of hydrogen-bond acceptors (Lipinski definition) is 5. The minimum absolute atomic E-state index is 0.147. The predicted octanol–water partition coefficient (Wildman–Crippen LogP) is 1.82. The molecular formula is C10H19O7P. The number of hydrogen-bond donors (Lipinski definition) is 2. The molecule has 0 aromatic rings.